The second-order valence-electron chi connectivity index (χ2n) is 6.19. The van der Waals surface area contributed by atoms with Gasteiger partial charge in [-0.3, -0.25) is 19.8 Å². The van der Waals surface area contributed by atoms with Gasteiger partial charge in [-0.25, -0.2) is 4.98 Å². The molecule has 0 atom stereocenters. The first-order valence-corrected chi connectivity index (χ1v) is 9.64. The molecular weight excluding hydrogens is 384 g/mol. The Morgan fingerprint density at radius 3 is 2.75 bits per heavy atom. The number of nitrogens with one attached hydrogen (secondary N) is 3. The predicted molar refractivity (Wildman–Crippen MR) is 105 cm³/mol. The Balaban J connectivity index is 1.84. The standard InChI is InChI=1S/C17H20N6O4S/c1-4-5-13(24)21-23-16(26)15-11(6-9(2)18-15)19-17(23)28-8-14(25)20-12-7-10(3)27-22-12/h6-7,18H,4-5,8H2,1-3H3,(H,21,24)(H,20,22,25). The zero-order valence-corrected chi connectivity index (χ0v) is 16.5. The molecule has 0 saturated carbocycles. The fourth-order valence-electron chi connectivity index (χ4n) is 2.51. The average Bonchev–Trinajstić information content (AvgIpc) is 3.21. The first-order chi connectivity index (χ1) is 13.4. The number of aromatic nitrogens is 4. The number of anilines is 1. The van der Waals surface area contributed by atoms with Crippen LogP contribution < -0.4 is 16.3 Å². The fraction of sp³-hybridized carbons (Fsp3) is 0.353. The van der Waals surface area contributed by atoms with Crippen LogP contribution in [-0.2, 0) is 9.59 Å². The zero-order chi connectivity index (χ0) is 20.3. The average molecular weight is 404 g/mol. The van der Waals surface area contributed by atoms with Crippen molar-refractivity contribution < 1.29 is 14.1 Å². The van der Waals surface area contributed by atoms with Crippen LogP contribution in [-0.4, -0.2) is 37.4 Å². The van der Waals surface area contributed by atoms with E-state index in [1.165, 1.54) is 0 Å². The maximum atomic E-state index is 12.8. The topological polar surface area (TPSA) is 135 Å². The Morgan fingerprint density at radius 1 is 1.29 bits per heavy atom. The quantitative estimate of drug-likeness (QED) is 0.404. The maximum Gasteiger partial charge on any atom is 0.297 e. The Morgan fingerprint density at radius 2 is 2.07 bits per heavy atom. The number of carbonyl (C=O) groups excluding carboxylic acids is 2. The largest absolute Gasteiger partial charge is 0.360 e. The number of aromatic amines is 1. The molecule has 0 saturated heterocycles. The van der Waals surface area contributed by atoms with E-state index in [4.69, 9.17) is 4.52 Å². The lowest BCUT2D eigenvalue weighted by Gasteiger charge is -2.12. The van der Waals surface area contributed by atoms with Crippen molar-refractivity contribution >= 4 is 40.4 Å². The van der Waals surface area contributed by atoms with Gasteiger partial charge >= 0.3 is 0 Å². The number of aryl methyl sites for hydroxylation is 2. The molecule has 0 unspecified atom stereocenters. The van der Waals surface area contributed by atoms with E-state index in [1.807, 2.05) is 6.92 Å². The van der Waals surface area contributed by atoms with Gasteiger partial charge < -0.3 is 14.8 Å². The van der Waals surface area contributed by atoms with E-state index in [0.717, 1.165) is 22.1 Å². The molecular formula is C17H20N6O4S. The molecule has 3 N–H and O–H groups in total. The molecule has 2 amide bonds. The minimum Gasteiger partial charge on any atom is -0.360 e. The van der Waals surface area contributed by atoms with Crippen LogP contribution in [0.5, 0.6) is 0 Å². The zero-order valence-electron chi connectivity index (χ0n) is 15.7. The summed E-state index contributed by atoms with van der Waals surface area (Å²) in [6.07, 6.45) is 0.907. The van der Waals surface area contributed by atoms with Gasteiger partial charge in [0.15, 0.2) is 11.0 Å². The lowest BCUT2D eigenvalue weighted by Crippen LogP contribution is -2.35. The number of hydrogen-bond acceptors (Lipinski definition) is 7. The van der Waals surface area contributed by atoms with Gasteiger partial charge in [0.05, 0.1) is 11.3 Å². The van der Waals surface area contributed by atoms with Gasteiger partial charge in [0.25, 0.3) is 5.56 Å². The molecule has 28 heavy (non-hydrogen) atoms. The molecule has 3 aromatic rings. The summed E-state index contributed by atoms with van der Waals surface area (Å²) in [5.41, 5.74) is 3.66. The SMILES string of the molecule is CCCC(=O)Nn1c(SCC(=O)Nc2cc(C)on2)nc2cc(C)[nH]c2c1=O. The molecule has 0 spiro atoms. The summed E-state index contributed by atoms with van der Waals surface area (Å²) < 4.78 is 5.98. The van der Waals surface area contributed by atoms with Crippen molar-refractivity contribution in [1.82, 2.24) is 19.8 Å². The Hall–Kier alpha value is -3.08. The second-order valence-corrected chi connectivity index (χ2v) is 7.13. The lowest BCUT2D eigenvalue weighted by molar-refractivity contribution is -0.117. The maximum absolute atomic E-state index is 12.8. The predicted octanol–water partition coefficient (Wildman–Crippen LogP) is 1.93. The van der Waals surface area contributed by atoms with Gasteiger partial charge in [0.1, 0.15) is 11.3 Å². The molecule has 0 aliphatic carbocycles. The Labute approximate surface area is 164 Å². The van der Waals surface area contributed by atoms with Crippen LogP contribution in [0.15, 0.2) is 26.6 Å². The van der Waals surface area contributed by atoms with Crippen molar-refractivity contribution in [3.05, 3.63) is 33.9 Å². The number of amides is 2. The van der Waals surface area contributed by atoms with E-state index in [9.17, 15) is 14.4 Å². The molecule has 0 fully saturated rings. The molecule has 3 heterocycles. The minimum absolute atomic E-state index is 0.0308. The van der Waals surface area contributed by atoms with Crippen molar-refractivity contribution in [2.75, 3.05) is 16.5 Å². The highest BCUT2D eigenvalue weighted by Crippen LogP contribution is 2.18. The second kappa shape index (κ2) is 8.30. The van der Waals surface area contributed by atoms with Crippen molar-refractivity contribution in [2.24, 2.45) is 0 Å². The molecule has 0 bridgehead atoms. The van der Waals surface area contributed by atoms with Crippen LogP contribution >= 0.6 is 11.8 Å². The van der Waals surface area contributed by atoms with E-state index in [2.05, 4.69) is 25.9 Å². The van der Waals surface area contributed by atoms with E-state index in [0.29, 0.717) is 29.0 Å². The van der Waals surface area contributed by atoms with Crippen molar-refractivity contribution in [2.45, 2.75) is 38.8 Å². The van der Waals surface area contributed by atoms with E-state index < -0.39 is 5.56 Å². The summed E-state index contributed by atoms with van der Waals surface area (Å²) in [5, 5.41) is 6.51. The third-order valence-corrected chi connectivity index (χ3v) is 4.64. The fourth-order valence-corrected chi connectivity index (χ4v) is 3.27. The molecule has 0 aromatic carbocycles. The minimum atomic E-state index is -0.433. The number of thioether (sulfide) groups is 1. The van der Waals surface area contributed by atoms with E-state index >= 15 is 0 Å². The van der Waals surface area contributed by atoms with Gasteiger partial charge in [0.2, 0.25) is 11.8 Å². The Kier molecular flexibility index (Phi) is 5.83. The monoisotopic (exact) mass is 404 g/mol. The highest BCUT2D eigenvalue weighted by atomic mass is 32.2. The summed E-state index contributed by atoms with van der Waals surface area (Å²) in [7, 11) is 0. The van der Waals surface area contributed by atoms with Crippen LogP contribution in [0.25, 0.3) is 11.0 Å². The number of fused-ring (bicyclic) bond motifs is 1. The van der Waals surface area contributed by atoms with Gasteiger partial charge in [0, 0.05) is 18.2 Å². The molecule has 0 aliphatic rings. The summed E-state index contributed by atoms with van der Waals surface area (Å²) in [6, 6.07) is 3.33. The molecule has 0 radical (unpaired) electrons. The van der Waals surface area contributed by atoms with E-state index in [1.54, 1.807) is 26.0 Å². The number of hydrogen-bond donors (Lipinski definition) is 3. The van der Waals surface area contributed by atoms with E-state index in [-0.39, 0.29) is 29.1 Å². The molecule has 11 heteroatoms. The summed E-state index contributed by atoms with van der Waals surface area (Å²) in [4.78, 5) is 44.3. The summed E-state index contributed by atoms with van der Waals surface area (Å²) >= 11 is 1.03. The third kappa shape index (κ3) is 4.42. The van der Waals surface area contributed by atoms with Crippen LogP contribution in [0.4, 0.5) is 5.82 Å². The van der Waals surface area contributed by atoms with Crippen molar-refractivity contribution in [3.63, 3.8) is 0 Å². The van der Waals surface area contributed by atoms with Gasteiger partial charge in [-0.05, 0) is 26.3 Å². The third-order valence-electron chi connectivity index (χ3n) is 3.70. The van der Waals surface area contributed by atoms with Gasteiger partial charge in [-0.2, -0.15) is 4.68 Å². The highest BCUT2D eigenvalue weighted by molar-refractivity contribution is 7.99. The van der Waals surface area contributed by atoms with Crippen LogP contribution in [0.3, 0.4) is 0 Å². The normalized spacial score (nSPS) is 11.0. The highest BCUT2D eigenvalue weighted by Gasteiger charge is 2.17. The number of nitrogens with zero attached hydrogens (tertiary/aromatic N) is 3. The smallest absolute Gasteiger partial charge is 0.297 e. The molecule has 10 nitrogen and oxygen atoms in total. The van der Waals surface area contributed by atoms with Crippen LogP contribution in [0.1, 0.15) is 31.2 Å². The first-order valence-electron chi connectivity index (χ1n) is 8.65. The van der Waals surface area contributed by atoms with Crippen LogP contribution in [0, 0.1) is 13.8 Å². The first kappa shape index (κ1) is 19.7. The lowest BCUT2D eigenvalue weighted by atomic mass is 10.3. The summed E-state index contributed by atoms with van der Waals surface area (Å²) in [6.45, 7) is 5.39. The van der Waals surface area contributed by atoms with Gasteiger partial charge in [-0.15, -0.1) is 0 Å². The summed E-state index contributed by atoms with van der Waals surface area (Å²) in [5.74, 6) is 0.200. The van der Waals surface area contributed by atoms with Crippen LogP contribution in [0.2, 0.25) is 0 Å². The number of rotatable bonds is 7. The van der Waals surface area contributed by atoms with Gasteiger partial charge in [-0.1, -0.05) is 23.8 Å². The molecule has 0 aliphatic heterocycles. The van der Waals surface area contributed by atoms with Crippen molar-refractivity contribution in [1.29, 1.82) is 0 Å². The molecule has 3 rings (SSSR count). The van der Waals surface area contributed by atoms with Crippen molar-refractivity contribution in [3.8, 4) is 0 Å². The molecule has 148 valence electrons. The number of H-pyrrole nitrogens is 1. The Bertz CT molecular complexity index is 1080. The molecule has 3 aromatic heterocycles. The number of carbonyl (C=O) groups is 2.